The molecule has 0 radical (unpaired) electrons. The lowest BCUT2D eigenvalue weighted by molar-refractivity contribution is 0.683. The summed E-state index contributed by atoms with van der Waals surface area (Å²) >= 11 is 0. The first kappa shape index (κ1) is 14.2. The SMILES string of the molecule is CCCC1CC1N=C(N)Nc1ccccn1.I. The summed E-state index contributed by atoms with van der Waals surface area (Å²) in [6.45, 7) is 2.20. The van der Waals surface area contributed by atoms with Gasteiger partial charge in [-0.05, 0) is 30.9 Å². The smallest absolute Gasteiger partial charge is 0.194 e. The molecule has 2 unspecified atom stereocenters. The van der Waals surface area contributed by atoms with Crippen molar-refractivity contribution in [3.8, 4) is 0 Å². The predicted molar refractivity (Wildman–Crippen MR) is 81.7 cm³/mol. The van der Waals surface area contributed by atoms with Gasteiger partial charge in [0.15, 0.2) is 5.96 Å². The molecule has 3 N–H and O–H groups in total. The van der Waals surface area contributed by atoms with Gasteiger partial charge in [0, 0.05) is 6.20 Å². The lowest BCUT2D eigenvalue weighted by atomic mass is 10.2. The Kier molecular flexibility index (Phi) is 5.67. The van der Waals surface area contributed by atoms with E-state index in [1.807, 2.05) is 18.2 Å². The maximum Gasteiger partial charge on any atom is 0.194 e. The highest BCUT2D eigenvalue weighted by atomic mass is 127. The summed E-state index contributed by atoms with van der Waals surface area (Å²) in [5.74, 6) is 1.97. The highest BCUT2D eigenvalue weighted by Gasteiger charge is 2.35. The quantitative estimate of drug-likeness (QED) is 0.501. The maximum atomic E-state index is 5.80. The molecule has 0 aromatic carbocycles. The average Bonchev–Trinajstić information content (AvgIpc) is 2.98. The van der Waals surface area contributed by atoms with E-state index in [9.17, 15) is 0 Å². The number of anilines is 1. The van der Waals surface area contributed by atoms with Crippen LogP contribution in [0, 0.1) is 5.92 Å². The van der Waals surface area contributed by atoms with Crippen molar-refractivity contribution in [3.05, 3.63) is 24.4 Å². The molecule has 4 nitrogen and oxygen atoms in total. The monoisotopic (exact) mass is 346 g/mol. The second kappa shape index (κ2) is 6.78. The number of aliphatic imine (C=N–C) groups is 1. The van der Waals surface area contributed by atoms with E-state index in [0.29, 0.717) is 12.0 Å². The van der Waals surface area contributed by atoms with Gasteiger partial charge in [-0.3, -0.25) is 0 Å². The fraction of sp³-hybridized carbons (Fsp3) is 0.500. The number of guanidine groups is 1. The number of nitrogens with zero attached hydrogens (tertiary/aromatic N) is 2. The minimum absolute atomic E-state index is 0. The number of nitrogens with one attached hydrogen (secondary N) is 1. The molecule has 0 amide bonds. The number of nitrogens with two attached hydrogens (primary N) is 1. The Morgan fingerprint density at radius 1 is 1.59 bits per heavy atom. The zero-order valence-electron chi connectivity index (χ0n) is 9.97. The molecule has 1 aliphatic rings. The van der Waals surface area contributed by atoms with Crippen molar-refractivity contribution >= 4 is 35.8 Å². The van der Waals surface area contributed by atoms with Gasteiger partial charge in [-0.2, -0.15) is 0 Å². The summed E-state index contributed by atoms with van der Waals surface area (Å²) in [7, 11) is 0. The Hall–Kier alpha value is -0.850. The Morgan fingerprint density at radius 3 is 3.06 bits per heavy atom. The molecule has 17 heavy (non-hydrogen) atoms. The van der Waals surface area contributed by atoms with Gasteiger partial charge < -0.3 is 11.1 Å². The molecule has 1 aromatic rings. The molecule has 1 saturated carbocycles. The van der Waals surface area contributed by atoms with Gasteiger partial charge in [0.25, 0.3) is 0 Å². The van der Waals surface area contributed by atoms with Crippen molar-refractivity contribution in [2.24, 2.45) is 16.6 Å². The summed E-state index contributed by atoms with van der Waals surface area (Å²) in [4.78, 5) is 8.56. The molecule has 0 saturated heterocycles. The number of hydrogen-bond acceptors (Lipinski definition) is 2. The van der Waals surface area contributed by atoms with Gasteiger partial charge in [-0.1, -0.05) is 19.4 Å². The molecule has 0 spiro atoms. The molecule has 1 aliphatic carbocycles. The van der Waals surface area contributed by atoms with Crippen LogP contribution in [0.15, 0.2) is 29.4 Å². The van der Waals surface area contributed by atoms with Crippen molar-refractivity contribution in [1.29, 1.82) is 0 Å². The van der Waals surface area contributed by atoms with Crippen LogP contribution in [-0.2, 0) is 0 Å². The highest BCUT2D eigenvalue weighted by Crippen LogP contribution is 2.37. The van der Waals surface area contributed by atoms with Crippen LogP contribution in [-0.4, -0.2) is 17.0 Å². The molecule has 5 heteroatoms. The summed E-state index contributed by atoms with van der Waals surface area (Å²) in [6, 6.07) is 6.09. The summed E-state index contributed by atoms with van der Waals surface area (Å²) < 4.78 is 0. The fourth-order valence-corrected chi connectivity index (χ4v) is 1.85. The Labute approximate surface area is 119 Å². The van der Waals surface area contributed by atoms with Gasteiger partial charge in [0.1, 0.15) is 5.82 Å². The second-order valence-electron chi connectivity index (χ2n) is 4.21. The molecule has 1 fully saturated rings. The van der Waals surface area contributed by atoms with Gasteiger partial charge in [0.05, 0.1) is 6.04 Å². The molecule has 1 heterocycles. The van der Waals surface area contributed by atoms with Crippen LogP contribution in [0.5, 0.6) is 0 Å². The van der Waals surface area contributed by atoms with Crippen LogP contribution in [0.1, 0.15) is 26.2 Å². The highest BCUT2D eigenvalue weighted by molar-refractivity contribution is 14.0. The normalized spacial score (nSPS) is 22.8. The molecule has 1 aromatic heterocycles. The van der Waals surface area contributed by atoms with Crippen LogP contribution in [0.4, 0.5) is 5.82 Å². The minimum atomic E-state index is 0. The molecular weight excluding hydrogens is 327 g/mol. The van der Waals surface area contributed by atoms with Crippen molar-refractivity contribution in [2.45, 2.75) is 32.2 Å². The number of rotatable bonds is 4. The fourth-order valence-electron chi connectivity index (χ4n) is 1.85. The minimum Gasteiger partial charge on any atom is -0.370 e. The largest absolute Gasteiger partial charge is 0.370 e. The lowest BCUT2D eigenvalue weighted by Crippen LogP contribution is -2.23. The zero-order valence-corrected chi connectivity index (χ0v) is 12.3. The third kappa shape index (κ3) is 4.49. The van der Waals surface area contributed by atoms with Crippen LogP contribution >= 0.6 is 24.0 Å². The van der Waals surface area contributed by atoms with Crippen LogP contribution in [0.2, 0.25) is 0 Å². The lowest BCUT2D eigenvalue weighted by Gasteiger charge is -2.03. The molecular formula is C12H19IN4. The van der Waals surface area contributed by atoms with Crippen molar-refractivity contribution in [2.75, 3.05) is 5.32 Å². The van der Waals surface area contributed by atoms with E-state index in [4.69, 9.17) is 5.73 Å². The van der Waals surface area contributed by atoms with Crippen LogP contribution < -0.4 is 11.1 Å². The molecule has 0 bridgehead atoms. The third-order valence-electron chi connectivity index (χ3n) is 2.77. The first-order chi connectivity index (χ1) is 7.79. The van der Waals surface area contributed by atoms with E-state index in [0.717, 1.165) is 11.7 Å². The van der Waals surface area contributed by atoms with Gasteiger partial charge in [-0.15, -0.1) is 24.0 Å². The molecule has 0 aliphatic heterocycles. The first-order valence-electron chi connectivity index (χ1n) is 5.81. The van der Waals surface area contributed by atoms with E-state index < -0.39 is 0 Å². The number of aromatic nitrogens is 1. The Morgan fingerprint density at radius 2 is 2.41 bits per heavy atom. The van der Waals surface area contributed by atoms with E-state index >= 15 is 0 Å². The zero-order chi connectivity index (χ0) is 11.4. The van der Waals surface area contributed by atoms with Crippen LogP contribution in [0.25, 0.3) is 0 Å². The van der Waals surface area contributed by atoms with Gasteiger partial charge >= 0.3 is 0 Å². The maximum absolute atomic E-state index is 5.80. The number of halogens is 1. The Bertz CT molecular complexity index is 366. The second-order valence-corrected chi connectivity index (χ2v) is 4.21. The third-order valence-corrected chi connectivity index (χ3v) is 2.77. The molecule has 94 valence electrons. The number of pyridine rings is 1. The van der Waals surface area contributed by atoms with Gasteiger partial charge in [-0.25, -0.2) is 9.98 Å². The standard InChI is InChI=1S/C12H18N4.HI/c1-2-5-9-8-10(9)15-12(13)16-11-6-3-4-7-14-11;/h3-4,6-7,9-10H,2,5,8H2,1H3,(H3,13,14,15,16);1H. The Balaban J connectivity index is 0.00000144. The van der Waals surface area contributed by atoms with Crippen LogP contribution in [0.3, 0.4) is 0 Å². The average molecular weight is 346 g/mol. The summed E-state index contributed by atoms with van der Waals surface area (Å²) in [5, 5.41) is 2.99. The van der Waals surface area contributed by atoms with E-state index in [1.165, 1.54) is 19.3 Å². The first-order valence-corrected chi connectivity index (χ1v) is 5.81. The molecule has 2 rings (SSSR count). The number of hydrogen-bond donors (Lipinski definition) is 2. The molecule has 2 atom stereocenters. The van der Waals surface area contributed by atoms with Gasteiger partial charge in [0.2, 0.25) is 0 Å². The van der Waals surface area contributed by atoms with Crippen molar-refractivity contribution in [1.82, 2.24) is 4.98 Å². The summed E-state index contributed by atoms with van der Waals surface area (Å²) in [5.41, 5.74) is 5.80. The predicted octanol–water partition coefficient (Wildman–Crippen LogP) is 2.61. The van der Waals surface area contributed by atoms with E-state index in [-0.39, 0.29) is 24.0 Å². The van der Waals surface area contributed by atoms with Crippen molar-refractivity contribution in [3.63, 3.8) is 0 Å². The van der Waals surface area contributed by atoms with E-state index in [1.54, 1.807) is 6.20 Å². The van der Waals surface area contributed by atoms with E-state index in [2.05, 4.69) is 22.2 Å². The van der Waals surface area contributed by atoms with Crippen molar-refractivity contribution < 1.29 is 0 Å². The summed E-state index contributed by atoms with van der Waals surface area (Å²) in [6.07, 6.45) is 5.39. The topological polar surface area (TPSA) is 63.3 Å².